The normalized spacial score (nSPS) is 10.7. The van der Waals surface area contributed by atoms with Crippen molar-refractivity contribution in [3.05, 3.63) is 53.2 Å². The average Bonchev–Trinajstić information content (AvgIpc) is 3.06. The highest BCUT2D eigenvalue weighted by molar-refractivity contribution is 5.96. The summed E-state index contributed by atoms with van der Waals surface area (Å²) in [4.78, 5) is 31.2. The second-order valence-corrected chi connectivity index (χ2v) is 5.21. The quantitative estimate of drug-likeness (QED) is 0.642. The fraction of sp³-hybridized carbons (Fsp3) is 0.188. The standard InChI is InChI=1S/C16H16N4O3/c1-9-7-11(10(2)23-9)16(22)20-19-15(21)8-14-17-12-5-3-4-6-13(12)18-14/h3-7H,8H2,1-2H3,(H,17,18)(H,19,21)(H,20,22). The number of benzene rings is 1. The second-order valence-electron chi connectivity index (χ2n) is 5.21. The van der Waals surface area contributed by atoms with Crippen molar-refractivity contribution in [3.63, 3.8) is 0 Å². The maximum absolute atomic E-state index is 12.0. The van der Waals surface area contributed by atoms with E-state index in [1.54, 1.807) is 19.9 Å². The predicted octanol–water partition coefficient (Wildman–Crippen LogP) is 1.78. The third-order valence-corrected chi connectivity index (χ3v) is 3.37. The van der Waals surface area contributed by atoms with Gasteiger partial charge < -0.3 is 9.40 Å². The predicted molar refractivity (Wildman–Crippen MR) is 83.6 cm³/mol. The summed E-state index contributed by atoms with van der Waals surface area (Å²) in [5.41, 5.74) is 6.79. The van der Waals surface area contributed by atoms with E-state index in [1.165, 1.54) is 0 Å². The summed E-state index contributed by atoms with van der Waals surface area (Å²) >= 11 is 0. The van der Waals surface area contributed by atoms with Crippen molar-refractivity contribution in [1.29, 1.82) is 0 Å². The molecule has 3 aromatic rings. The molecule has 2 heterocycles. The molecule has 23 heavy (non-hydrogen) atoms. The number of carbonyl (C=O) groups is 2. The van der Waals surface area contributed by atoms with Gasteiger partial charge in [-0.25, -0.2) is 4.98 Å². The number of para-hydroxylation sites is 2. The zero-order valence-electron chi connectivity index (χ0n) is 12.8. The maximum atomic E-state index is 12.0. The van der Waals surface area contributed by atoms with Crippen LogP contribution in [0.1, 0.15) is 27.7 Å². The van der Waals surface area contributed by atoms with Crippen LogP contribution in [0.25, 0.3) is 11.0 Å². The molecule has 1 aromatic carbocycles. The molecule has 0 saturated heterocycles. The van der Waals surface area contributed by atoms with Crippen molar-refractivity contribution in [2.75, 3.05) is 0 Å². The maximum Gasteiger partial charge on any atom is 0.273 e. The molecule has 2 amide bonds. The molecule has 0 radical (unpaired) electrons. The molecule has 7 heteroatoms. The van der Waals surface area contributed by atoms with Gasteiger partial charge in [0.2, 0.25) is 5.91 Å². The van der Waals surface area contributed by atoms with Crippen molar-refractivity contribution in [1.82, 2.24) is 20.8 Å². The molecule has 0 unspecified atom stereocenters. The highest BCUT2D eigenvalue weighted by Gasteiger charge is 2.14. The number of hydrogen-bond acceptors (Lipinski definition) is 4. The summed E-state index contributed by atoms with van der Waals surface area (Å²) in [6.07, 6.45) is 0.0400. The van der Waals surface area contributed by atoms with Gasteiger partial charge in [-0.15, -0.1) is 0 Å². The van der Waals surface area contributed by atoms with Gasteiger partial charge in [-0.3, -0.25) is 20.4 Å². The Hall–Kier alpha value is -3.09. The monoisotopic (exact) mass is 312 g/mol. The van der Waals surface area contributed by atoms with Crippen LogP contribution >= 0.6 is 0 Å². The average molecular weight is 312 g/mol. The van der Waals surface area contributed by atoms with Gasteiger partial charge in [0.25, 0.3) is 5.91 Å². The zero-order valence-corrected chi connectivity index (χ0v) is 12.8. The Balaban J connectivity index is 1.59. The minimum atomic E-state index is -0.419. The van der Waals surface area contributed by atoms with Crippen LogP contribution in [0, 0.1) is 13.8 Å². The number of H-pyrrole nitrogens is 1. The van der Waals surface area contributed by atoms with Crippen molar-refractivity contribution in [2.45, 2.75) is 20.3 Å². The van der Waals surface area contributed by atoms with Gasteiger partial charge in [0.1, 0.15) is 17.3 Å². The third kappa shape index (κ3) is 3.23. The van der Waals surface area contributed by atoms with Crippen molar-refractivity contribution in [2.24, 2.45) is 0 Å². The molecule has 2 aromatic heterocycles. The summed E-state index contributed by atoms with van der Waals surface area (Å²) in [5.74, 6) is 0.897. The first-order chi connectivity index (χ1) is 11.0. The van der Waals surface area contributed by atoms with E-state index in [1.807, 2.05) is 24.3 Å². The lowest BCUT2D eigenvalue weighted by molar-refractivity contribution is -0.121. The lowest BCUT2D eigenvalue weighted by atomic mass is 10.2. The molecular formula is C16H16N4O3. The molecule has 7 nitrogen and oxygen atoms in total. The lowest BCUT2D eigenvalue weighted by Gasteiger charge is -2.05. The Morgan fingerprint density at radius 3 is 2.70 bits per heavy atom. The second kappa shape index (κ2) is 5.96. The molecule has 3 rings (SSSR count). The fourth-order valence-electron chi connectivity index (χ4n) is 2.34. The van der Waals surface area contributed by atoms with E-state index in [4.69, 9.17) is 4.42 Å². The number of carbonyl (C=O) groups excluding carboxylic acids is 2. The minimum absolute atomic E-state index is 0.0400. The topological polar surface area (TPSA) is 100 Å². The van der Waals surface area contributed by atoms with E-state index in [2.05, 4.69) is 20.8 Å². The van der Waals surface area contributed by atoms with Crippen LogP contribution in [-0.4, -0.2) is 21.8 Å². The molecule has 0 fully saturated rings. The number of nitrogens with one attached hydrogen (secondary N) is 3. The number of furan rings is 1. The SMILES string of the molecule is Cc1cc(C(=O)NNC(=O)Cc2nc3ccccc3[nH]2)c(C)o1. The number of fused-ring (bicyclic) bond motifs is 1. The summed E-state index contributed by atoms with van der Waals surface area (Å²) in [6, 6.07) is 9.13. The molecule has 0 atom stereocenters. The number of hydrogen-bond donors (Lipinski definition) is 3. The number of amides is 2. The van der Waals surface area contributed by atoms with Crippen LogP contribution in [0.2, 0.25) is 0 Å². The Morgan fingerprint density at radius 2 is 2.00 bits per heavy atom. The molecule has 0 aliphatic heterocycles. The largest absolute Gasteiger partial charge is 0.466 e. The highest BCUT2D eigenvalue weighted by atomic mass is 16.3. The summed E-state index contributed by atoms with van der Waals surface area (Å²) in [5, 5.41) is 0. The van der Waals surface area contributed by atoms with Crippen LogP contribution in [0.15, 0.2) is 34.7 Å². The van der Waals surface area contributed by atoms with Gasteiger partial charge in [-0.05, 0) is 32.0 Å². The number of nitrogens with zero attached hydrogens (tertiary/aromatic N) is 1. The summed E-state index contributed by atoms with van der Waals surface area (Å²) in [7, 11) is 0. The van der Waals surface area contributed by atoms with Gasteiger partial charge >= 0.3 is 0 Å². The fourth-order valence-corrected chi connectivity index (χ4v) is 2.34. The van der Waals surface area contributed by atoms with E-state index >= 15 is 0 Å². The van der Waals surface area contributed by atoms with E-state index in [-0.39, 0.29) is 12.3 Å². The van der Waals surface area contributed by atoms with Crippen molar-refractivity contribution in [3.8, 4) is 0 Å². The third-order valence-electron chi connectivity index (χ3n) is 3.37. The molecule has 0 spiro atoms. The number of rotatable bonds is 3. The van der Waals surface area contributed by atoms with Gasteiger partial charge in [-0.2, -0.15) is 0 Å². The van der Waals surface area contributed by atoms with E-state index < -0.39 is 5.91 Å². The van der Waals surface area contributed by atoms with Crippen molar-refractivity contribution >= 4 is 22.8 Å². The smallest absolute Gasteiger partial charge is 0.273 e. The first-order valence-corrected chi connectivity index (χ1v) is 7.13. The Kier molecular flexibility index (Phi) is 3.84. The van der Waals surface area contributed by atoms with Gasteiger partial charge in [0, 0.05) is 0 Å². The summed E-state index contributed by atoms with van der Waals surface area (Å²) in [6.45, 7) is 3.45. The number of aryl methyl sites for hydroxylation is 2. The van der Waals surface area contributed by atoms with Crippen LogP contribution in [-0.2, 0) is 11.2 Å². The first-order valence-electron chi connectivity index (χ1n) is 7.13. The van der Waals surface area contributed by atoms with Crippen LogP contribution in [0.4, 0.5) is 0 Å². The number of imidazole rings is 1. The highest BCUT2D eigenvalue weighted by Crippen LogP contribution is 2.13. The van der Waals surface area contributed by atoms with Crippen LogP contribution < -0.4 is 10.9 Å². The molecule has 3 N–H and O–H groups in total. The van der Waals surface area contributed by atoms with Gasteiger partial charge in [-0.1, -0.05) is 12.1 Å². The van der Waals surface area contributed by atoms with Crippen molar-refractivity contribution < 1.29 is 14.0 Å². The summed E-state index contributed by atoms with van der Waals surface area (Å²) < 4.78 is 5.28. The number of aromatic amines is 1. The molecule has 0 bridgehead atoms. The molecule has 0 saturated carbocycles. The zero-order chi connectivity index (χ0) is 16.4. The van der Waals surface area contributed by atoms with E-state index in [9.17, 15) is 9.59 Å². The van der Waals surface area contributed by atoms with Gasteiger partial charge in [0.05, 0.1) is 23.0 Å². The first kappa shape index (κ1) is 14.8. The minimum Gasteiger partial charge on any atom is -0.466 e. The molecule has 118 valence electrons. The number of aromatic nitrogens is 2. The Morgan fingerprint density at radius 1 is 1.22 bits per heavy atom. The lowest BCUT2D eigenvalue weighted by Crippen LogP contribution is -2.42. The van der Waals surface area contributed by atoms with Crippen LogP contribution in [0.5, 0.6) is 0 Å². The van der Waals surface area contributed by atoms with E-state index in [0.29, 0.717) is 22.9 Å². The number of hydrazine groups is 1. The van der Waals surface area contributed by atoms with E-state index in [0.717, 1.165) is 11.0 Å². The molecular weight excluding hydrogens is 296 g/mol. The molecule has 0 aliphatic carbocycles. The Labute approximate surface area is 132 Å². The Bertz CT molecular complexity index is 845. The molecule has 0 aliphatic rings. The van der Waals surface area contributed by atoms with Crippen LogP contribution in [0.3, 0.4) is 0 Å². The van der Waals surface area contributed by atoms with Gasteiger partial charge in [0.15, 0.2) is 0 Å².